The van der Waals surface area contributed by atoms with Crippen LogP contribution in [0.3, 0.4) is 0 Å². The molecule has 128 valence electrons. The second-order valence-electron chi connectivity index (χ2n) is 6.09. The highest BCUT2D eigenvalue weighted by molar-refractivity contribution is 7.92. The van der Waals surface area contributed by atoms with Crippen molar-refractivity contribution in [3.05, 3.63) is 64.9 Å². The molecule has 2 aromatic rings. The molecular weight excluding hydrogens is 351 g/mol. The van der Waals surface area contributed by atoms with Crippen molar-refractivity contribution in [2.75, 3.05) is 13.1 Å². The van der Waals surface area contributed by atoms with Gasteiger partial charge in [0.05, 0.1) is 10.1 Å². The van der Waals surface area contributed by atoms with Gasteiger partial charge >= 0.3 is 0 Å². The van der Waals surface area contributed by atoms with Gasteiger partial charge in [-0.25, -0.2) is 12.8 Å². The predicted octanol–water partition coefficient (Wildman–Crippen LogP) is 2.32. The van der Waals surface area contributed by atoms with E-state index < -0.39 is 20.5 Å². The first kappa shape index (κ1) is 17.4. The van der Waals surface area contributed by atoms with Gasteiger partial charge < -0.3 is 11.5 Å². The third kappa shape index (κ3) is 2.63. The normalized spacial score (nSPS) is 22.3. The summed E-state index contributed by atoms with van der Waals surface area (Å²) in [5, 5.41) is -0.268. The summed E-state index contributed by atoms with van der Waals surface area (Å²) in [6.07, 6.45) is 0. The first-order chi connectivity index (χ1) is 11.4. The molecule has 7 heteroatoms. The zero-order valence-corrected chi connectivity index (χ0v) is 14.4. The van der Waals surface area contributed by atoms with E-state index in [2.05, 4.69) is 0 Å². The Morgan fingerprint density at radius 2 is 1.54 bits per heavy atom. The zero-order valence-electron chi connectivity index (χ0n) is 12.8. The van der Waals surface area contributed by atoms with Crippen molar-refractivity contribution in [2.45, 2.75) is 16.1 Å². The maximum absolute atomic E-state index is 13.2. The summed E-state index contributed by atoms with van der Waals surface area (Å²) >= 11 is 5.84. The van der Waals surface area contributed by atoms with Crippen LogP contribution in [-0.4, -0.2) is 26.8 Å². The van der Waals surface area contributed by atoms with Crippen molar-refractivity contribution in [3.8, 4) is 0 Å². The summed E-state index contributed by atoms with van der Waals surface area (Å²) in [6.45, 7) is 0.284. The minimum absolute atomic E-state index is 0.142. The molecule has 0 spiro atoms. The Balaban J connectivity index is 2.04. The van der Waals surface area contributed by atoms with Crippen molar-refractivity contribution in [2.24, 2.45) is 16.9 Å². The number of nitrogens with two attached hydrogens (primary N) is 2. The van der Waals surface area contributed by atoms with Crippen LogP contribution in [0.25, 0.3) is 0 Å². The number of sulfone groups is 1. The first-order valence-electron chi connectivity index (χ1n) is 7.52. The van der Waals surface area contributed by atoms with Crippen molar-refractivity contribution in [3.63, 3.8) is 0 Å². The van der Waals surface area contributed by atoms with Crippen LogP contribution < -0.4 is 11.5 Å². The molecule has 4 nitrogen and oxygen atoms in total. The quantitative estimate of drug-likeness (QED) is 0.848. The van der Waals surface area contributed by atoms with E-state index in [9.17, 15) is 12.8 Å². The summed E-state index contributed by atoms with van der Waals surface area (Å²) in [5.74, 6) is -0.726. The van der Waals surface area contributed by atoms with Gasteiger partial charge in [-0.15, -0.1) is 0 Å². The Morgan fingerprint density at radius 1 is 1.00 bits per heavy atom. The summed E-state index contributed by atoms with van der Waals surface area (Å²) < 4.78 is 39.3. The lowest BCUT2D eigenvalue weighted by Gasteiger charge is -2.13. The smallest absolute Gasteiger partial charge is 0.182 e. The topological polar surface area (TPSA) is 86.2 Å². The minimum Gasteiger partial charge on any atom is -0.330 e. The third-order valence-electron chi connectivity index (χ3n) is 4.85. The van der Waals surface area contributed by atoms with Crippen LogP contribution in [0.1, 0.15) is 11.5 Å². The number of rotatable bonds is 5. The van der Waals surface area contributed by atoms with Crippen molar-refractivity contribution < 1.29 is 12.8 Å². The third-order valence-corrected chi connectivity index (χ3v) is 7.44. The fraction of sp³-hybridized carbons (Fsp3) is 0.294. The molecule has 2 atom stereocenters. The average Bonchev–Trinajstić information content (AvgIpc) is 3.26. The molecule has 0 unspecified atom stereocenters. The monoisotopic (exact) mass is 368 g/mol. The number of benzene rings is 2. The Hall–Kier alpha value is -1.47. The maximum Gasteiger partial charge on any atom is 0.182 e. The number of hydrogen-bond donors (Lipinski definition) is 2. The van der Waals surface area contributed by atoms with E-state index in [1.807, 2.05) is 0 Å². The molecule has 0 radical (unpaired) electrons. The highest BCUT2D eigenvalue weighted by Gasteiger charge is 2.69. The molecule has 0 amide bonds. The standard InChI is InChI=1S/C17H18ClFN2O2S/c18-12-3-7-14(8-4-12)24(22,23)16-15(17(16,9-20)10-21)11-1-5-13(19)6-2-11/h1-8,15-16H,9-10,20-21H2/t15-,16+/m0/s1. The molecule has 2 aromatic carbocycles. The summed E-state index contributed by atoms with van der Waals surface area (Å²) in [6, 6.07) is 11.9. The van der Waals surface area contributed by atoms with E-state index in [-0.39, 0.29) is 29.7 Å². The van der Waals surface area contributed by atoms with Gasteiger partial charge in [0.15, 0.2) is 9.84 Å². The lowest BCUT2D eigenvalue weighted by Crippen LogP contribution is -2.31. The molecule has 24 heavy (non-hydrogen) atoms. The molecule has 1 saturated carbocycles. The number of halogens is 2. The second kappa shape index (κ2) is 6.11. The van der Waals surface area contributed by atoms with Gasteiger partial charge in [-0.2, -0.15) is 0 Å². The minimum atomic E-state index is -3.63. The van der Waals surface area contributed by atoms with E-state index in [1.165, 1.54) is 36.4 Å². The van der Waals surface area contributed by atoms with Gasteiger partial charge in [-0.1, -0.05) is 23.7 Å². The van der Waals surface area contributed by atoms with Gasteiger partial charge in [0.2, 0.25) is 0 Å². The molecular formula is C17H18ClFN2O2S. The van der Waals surface area contributed by atoms with Gasteiger partial charge in [-0.3, -0.25) is 0 Å². The van der Waals surface area contributed by atoms with Crippen LogP contribution in [0.5, 0.6) is 0 Å². The lowest BCUT2D eigenvalue weighted by molar-refractivity contribution is 0.509. The van der Waals surface area contributed by atoms with Gasteiger partial charge in [-0.05, 0) is 42.0 Å². The van der Waals surface area contributed by atoms with E-state index in [4.69, 9.17) is 23.1 Å². The number of hydrogen-bond acceptors (Lipinski definition) is 4. The predicted molar refractivity (Wildman–Crippen MR) is 92.1 cm³/mol. The van der Waals surface area contributed by atoms with E-state index in [0.717, 1.165) is 5.56 Å². The molecule has 1 aliphatic rings. The first-order valence-corrected chi connectivity index (χ1v) is 9.44. The Bertz CT molecular complexity index is 834. The molecule has 0 heterocycles. The van der Waals surface area contributed by atoms with Gasteiger partial charge in [0.25, 0.3) is 0 Å². The fourth-order valence-electron chi connectivity index (χ4n) is 3.46. The maximum atomic E-state index is 13.2. The highest BCUT2D eigenvalue weighted by Crippen LogP contribution is 2.62. The van der Waals surface area contributed by atoms with E-state index in [1.54, 1.807) is 12.1 Å². The van der Waals surface area contributed by atoms with Crippen molar-refractivity contribution in [1.29, 1.82) is 0 Å². The summed E-state index contributed by atoms with van der Waals surface area (Å²) in [7, 11) is -3.63. The van der Waals surface area contributed by atoms with Gasteiger partial charge in [0.1, 0.15) is 5.82 Å². The van der Waals surface area contributed by atoms with Gasteiger partial charge in [0, 0.05) is 29.4 Å². The Kier molecular flexibility index (Phi) is 4.42. The van der Waals surface area contributed by atoms with Crippen LogP contribution in [0.15, 0.2) is 53.4 Å². The Morgan fingerprint density at radius 3 is 2.04 bits per heavy atom. The van der Waals surface area contributed by atoms with Crippen LogP contribution >= 0.6 is 11.6 Å². The molecule has 0 aliphatic heterocycles. The zero-order chi connectivity index (χ0) is 17.5. The van der Waals surface area contributed by atoms with Crippen LogP contribution in [-0.2, 0) is 9.84 Å². The largest absolute Gasteiger partial charge is 0.330 e. The molecule has 0 saturated heterocycles. The summed E-state index contributed by atoms with van der Waals surface area (Å²) in [4.78, 5) is 0.188. The molecule has 3 rings (SSSR count). The van der Waals surface area contributed by atoms with Crippen LogP contribution in [0.4, 0.5) is 4.39 Å². The highest BCUT2D eigenvalue weighted by atomic mass is 35.5. The molecule has 1 fully saturated rings. The second-order valence-corrected chi connectivity index (χ2v) is 8.60. The van der Waals surface area contributed by atoms with Crippen LogP contribution in [0, 0.1) is 11.2 Å². The molecule has 0 bridgehead atoms. The summed E-state index contributed by atoms with van der Waals surface area (Å²) in [5.41, 5.74) is 11.8. The van der Waals surface area contributed by atoms with Crippen LogP contribution in [0.2, 0.25) is 5.02 Å². The molecule has 1 aliphatic carbocycles. The van der Waals surface area contributed by atoms with E-state index in [0.29, 0.717) is 5.02 Å². The van der Waals surface area contributed by atoms with Crippen molar-refractivity contribution in [1.82, 2.24) is 0 Å². The Labute approximate surface area is 145 Å². The fourth-order valence-corrected chi connectivity index (χ4v) is 6.06. The SMILES string of the molecule is NCC1(CN)[C@H](S(=O)(=O)c2ccc(Cl)cc2)[C@@H]1c1ccc(F)cc1. The molecule has 0 aromatic heterocycles. The molecule has 4 N–H and O–H groups in total. The lowest BCUT2D eigenvalue weighted by atomic mass is 9.99. The van der Waals surface area contributed by atoms with E-state index >= 15 is 0 Å². The van der Waals surface area contributed by atoms with Crippen molar-refractivity contribution >= 4 is 21.4 Å². The average molecular weight is 369 g/mol.